The van der Waals surface area contributed by atoms with Crippen molar-refractivity contribution in [3.05, 3.63) is 0 Å². The van der Waals surface area contributed by atoms with E-state index in [0.717, 1.165) is 11.8 Å². The average Bonchev–Trinajstić information content (AvgIpc) is 2.11. The third-order valence-electron chi connectivity index (χ3n) is 2.18. The highest BCUT2D eigenvalue weighted by Gasteiger charge is 2.01. The van der Waals surface area contributed by atoms with E-state index in [1.807, 2.05) is 21.6 Å². The zero-order valence-electron chi connectivity index (χ0n) is 8.80. The van der Waals surface area contributed by atoms with Crippen molar-refractivity contribution in [2.75, 3.05) is 11.5 Å². The maximum Gasteiger partial charge on any atom is 0.00625 e. The van der Waals surface area contributed by atoms with E-state index in [0.29, 0.717) is 0 Å². The lowest BCUT2D eigenvalue weighted by Gasteiger charge is -2.09. The van der Waals surface area contributed by atoms with Crippen molar-refractivity contribution in [2.45, 2.75) is 40.5 Å². The topological polar surface area (TPSA) is 0 Å². The molecule has 0 bridgehead atoms. The van der Waals surface area contributed by atoms with Crippen molar-refractivity contribution in [1.82, 2.24) is 0 Å². The molecular weight excluding hydrogens is 184 g/mol. The van der Waals surface area contributed by atoms with E-state index in [1.165, 1.54) is 24.3 Å². The van der Waals surface area contributed by atoms with Gasteiger partial charge >= 0.3 is 0 Å². The van der Waals surface area contributed by atoms with E-state index >= 15 is 0 Å². The fourth-order valence-electron chi connectivity index (χ4n) is 0.564. The summed E-state index contributed by atoms with van der Waals surface area (Å²) in [4.78, 5) is 0. The lowest BCUT2D eigenvalue weighted by atomic mass is 10.2. The molecule has 0 nitrogen and oxygen atoms in total. The van der Waals surface area contributed by atoms with Gasteiger partial charge in [-0.05, 0) is 11.8 Å². The van der Waals surface area contributed by atoms with Crippen LogP contribution >= 0.6 is 21.6 Å². The van der Waals surface area contributed by atoms with E-state index in [4.69, 9.17) is 0 Å². The minimum absolute atomic E-state index is 0.888. The Kier molecular flexibility index (Phi) is 8.79. The Morgan fingerprint density at radius 1 is 0.833 bits per heavy atom. The molecule has 0 aliphatic carbocycles. The second-order valence-electron chi connectivity index (χ2n) is 3.60. The molecule has 0 aliphatic heterocycles. The van der Waals surface area contributed by atoms with Gasteiger partial charge < -0.3 is 0 Å². The van der Waals surface area contributed by atoms with Crippen LogP contribution in [-0.2, 0) is 0 Å². The Bertz CT molecular complexity index is 81.8. The third kappa shape index (κ3) is 7.35. The molecule has 2 atom stereocenters. The van der Waals surface area contributed by atoms with Crippen LogP contribution in [0.5, 0.6) is 0 Å². The van der Waals surface area contributed by atoms with Crippen molar-refractivity contribution in [3.63, 3.8) is 0 Å². The minimum Gasteiger partial charge on any atom is -0.0939 e. The molecule has 0 spiro atoms. The number of rotatable bonds is 7. The molecule has 0 aliphatic rings. The highest BCUT2D eigenvalue weighted by atomic mass is 33.1. The quantitative estimate of drug-likeness (QED) is 0.445. The van der Waals surface area contributed by atoms with Gasteiger partial charge in [0, 0.05) is 11.5 Å². The molecule has 0 heterocycles. The Labute approximate surface area is 85.7 Å². The Morgan fingerprint density at radius 2 is 1.17 bits per heavy atom. The first-order valence-electron chi connectivity index (χ1n) is 4.95. The fraction of sp³-hybridized carbons (Fsp3) is 1.00. The second-order valence-corrected chi connectivity index (χ2v) is 6.15. The predicted octanol–water partition coefficient (Wildman–Crippen LogP) is 4.46. The molecule has 0 saturated carbocycles. The van der Waals surface area contributed by atoms with Crippen LogP contribution < -0.4 is 0 Å². The van der Waals surface area contributed by atoms with Crippen molar-refractivity contribution in [3.8, 4) is 0 Å². The van der Waals surface area contributed by atoms with Gasteiger partial charge in [0.1, 0.15) is 0 Å². The molecule has 0 amide bonds. The van der Waals surface area contributed by atoms with Gasteiger partial charge in [0.2, 0.25) is 0 Å². The summed E-state index contributed by atoms with van der Waals surface area (Å²) < 4.78 is 0. The molecule has 74 valence electrons. The van der Waals surface area contributed by atoms with E-state index in [-0.39, 0.29) is 0 Å². The van der Waals surface area contributed by atoms with Gasteiger partial charge in [-0.15, -0.1) is 0 Å². The van der Waals surface area contributed by atoms with Crippen LogP contribution in [-0.4, -0.2) is 11.5 Å². The monoisotopic (exact) mass is 206 g/mol. The third-order valence-corrected chi connectivity index (χ3v) is 5.08. The molecule has 0 rings (SSSR count). The Balaban J connectivity index is 3.10. The van der Waals surface area contributed by atoms with Crippen LogP contribution in [0.2, 0.25) is 0 Å². The molecule has 2 heteroatoms. The van der Waals surface area contributed by atoms with E-state index < -0.39 is 0 Å². The van der Waals surface area contributed by atoms with Crippen molar-refractivity contribution in [2.24, 2.45) is 11.8 Å². The summed E-state index contributed by atoms with van der Waals surface area (Å²) in [6, 6.07) is 0. The van der Waals surface area contributed by atoms with Gasteiger partial charge in [0.25, 0.3) is 0 Å². The van der Waals surface area contributed by atoms with Crippen LogP contribution in [0.4, 0.5) is 0 Å². The average molecular weight is 206 g/mol. The first-order valence-corrected chi connectivity index (χ1v) is 7.43. The van der Waals surface area contributed by atoms with Crippen molar-refractivity contribution >= 4 is 21.6 Å². The van der Waals surface area contributed by atoms with E-state index in [2.05, 4.69) is 27.7 Å². The first kappa shape index (κ1) is 12.7. The molecule has 12 heavy (non-hydrogen) atoms. The zero-order valence-corrected chi connectivity index (χ0v) is 10.4. The smallest absolute Gasteiger partial charge is 0.00625 e. The number of hydrogen-bond acceptors (Lipinski definition) is 2. The molecule has 0 saturated heterocycles. The SMILES string of the molecule is CCC(C)CSSCC(C)CC. The Hall–Kier alpha value is 0.700. The summed E-state index contributed by atoms with van der Waals surface area (Å²) in [7, 11) is 4.09. The molecule has 0 aromatic rings. The molecule has 0 aromatic carbocycles. The van der Waals surface area contributed by atoms with Crippen molar-refractivity contribution in [1.29, 1.82) is 0 Å². The van der Waals surface area contributed by atoms with Gasteiger partial charge in [-0.1, -0.05) is 62.1 Å². The first-order chi connectivity index (χ1) is 5.70. The normalized spacial score (nSPS) is 16.0. The summed E-state index contributed by atoms with van der Waals surface area (Å²) in [6.07, 6.45) is 2.63. The van der Waals surface area contributed by atoms with Crippen LogP contribution in [0.25, 0.3) is 0 Å². The fourth-order valence-corrected chi connectivity index (χ4v) is 3.66. The maximum atomic E-state index is 2.33. The minimum atomic E-state index is 0.888. The van der Waals surface area contributed by atoms with E-state index in [1.54, 1.807) is 0 Å². The molecular formula is C10H22S2. The summed E-state index contributed by atoms with van der Waals surface area (Å²) in [6.45, 7) is 9.20. The summed E-state index contributed by atoms with van der Waals surface area (Å²) >= 11 is 0. The van der Waals surface area contributed by atoms with Gasteiger partial charge in [-0.2, -0.15) is 0 Å². The lowest BCUT2D eigenvalue weighted by molar-refractivity contribution is 0.636. The van der Waals surface area contributed by atoms with Crippen LogP contribution in [0, 0.1) is 11.8 Å². The largest absolute Gasteiger partial charge is 0.0939 e. The summed E-state index contributed by atoms with van der Waals surface area (Å²) in [5.41, 5.74) is 0. The number of hydrogen-bond donors (Lipinski definition) is 0. The zero-order chi connectivity index (χ0) is 9.40. The molecule has 0 fully saturated rings. The standard InChI is InChI=1S/C10H22S2/c1-5-9(3)7-11-12-8-10(4)6-2/h9-10H,5-8H2,1-4H3. The maximum absolute atomic E-state index is 2.33. The Morgan fingerprint density at radius 3 is 1.42 bits per heavy atom. The molecule has 0 N–H and O–H groups in total. The molecule has 0 radical (unpaired) electrons. The van der Waals surface area contributed by atoms with Crippen molar-refractivity contribution < 1.29 is 0 Å². The van der Waals surface area contributed by atoms with Crippen LogP contribution in [0.15, 0.2) is 0 Å². The predicted molar refractivity (Wildman–Crippen MR) is 63.8 cm³/mol. The molecule has 2 unspecified atom stereocenters. The lowest BCUT2D eigenvalue weighted by Crippen LogP contribution is -1.96. The summed E-state index contributed by atoms with van der Waals surface area (Å²) in [5.74, 6) is 4.41. The molecule has 0 aromatic heterocycles. The second kappa shape index (κ2) is 8.31. The van der Waals surface area contributed by atoms with E-state index in [9.17, 15) is 0 Å². The van der Waals surface area contributed by atoms with Gasteiger partial charge in [-0.3, -0.25) is 0 Å². The van der Waals surface area contributed by atoms with Crippen LogP contribution in [0.3, 0.4) is 0 Å². The highest BCUT2D eigenvalue weighted by Crippen LogP contribution is 2.27. The highest BCUT2D eigenvalue weighted by molar-refractivity contribution is 8.76. The van der Waals surface area contributed by atoms with Gasteiger partial charge in [0.15, 0.2) is 0 Å². The van der Waals surface area contributed by atoms with Gasteiger partial charge in [-0.25, -0.2) is 0 Å². The summed E-state index contributed by atoms with van der Waals surface area (Å²) in [5, 5.41) is 0. The van der Waals surface area contributed by atoms with Crippen LogP contribution in [0.1, 0.15) is 40.5 Å². The van der Waals surface area contributed by atoms with Gasteiger partial charge in [0.05, 0.1) is 0 Å².